The molecule has 0 radical (unpaired) electrons. The maximum absolute atomic E-state index is 6.28. The molecule has 1 saturated heterocycles. The summed E-state index contributed by atoms with van der Waals surface area (Å²) in [5.41, 5.74) is 2.46. The fourth-order valence-corrected chi connectivity index (χ4v) is 3.06. The Morgan fingerprint density at radius 1 is 1.19 bits per heavy atom. The van der Waals surface area contributed by atoms with E-state index >= 15 is 0 Å². The second-order valence-electron chi connectivity index (χ2n) is 6.12. The molecule has 1 aromatic carbocycles. The van der Waals surface area contributed by atoms with E-state index in [1.54, 1.807) is 0 Å². The average Bonchev–Trinajstić information content (AvgIpc) is 3.31. The summed E-state index contributed by atoms with van der Waals surface area (Å²) in [5.74, 6) is 0. The van der Waals surface area contributed by atoms with Crippen LogP contribution in [0.25, 0.3) is 0 Å². The van der Waals surface area contributed by atoms with Crippen LogP contribution < -0.4 is 10.2 Å². The van der Waals surface area contributed by atoms with Crippen molar-refractivity contribution in [3.63, 3.8) is 0 Å². The Morgan fingerprint density at radius 2 is 1.90 bits per heavy atom. The molecular formula is C17H24ClN3. The Labute approximate surface area is 132 Å². The molecule has 114 valence electrons. The lowest BCUT2D eigenvalue weighted by Crippen LogP contribution is -2.47. The highest BCUT2D eigenvalue weighted by Crippen LogP contribution is 2.26. The maximum Gasteiger partial charge on any atom is 0.0639 e. The first kappa shape index (κ1) is 14.9. The molecule has 1 N–H and O–H groups in total. The molecule has 1 aliphatic heterocycles. The molecule has 4 heteroatoms. The molecule has 2 aliphatic rings. The standard InChI is InChI=1S/C17H24ClN3/c1-14(12-19-15-6-7-15)13-20-8-10-21(11-9-20)17-5-3-2-4-16(17)18/h2-5,15,19H,1,6-13H2. The van der Waals surface area contributed by atoms with Crippen LogP contribution in [0.15, 0.2) is 36.4 Å². The molecule has 1 aliphatic carbocycles. The number of nitrogens with one attached hydrogen (secondary N) is 1. The molecule has 2 fully saturated rings. The molecule has 21 heavy (non-hydrogen) atoms. The van der Waals surface area contributed by atoms with Crippen molar-refractivity contribution in [2.24, 2.45) is 0 Å². The van der Waals surface area contributed by atoms with Crippen molar-refractivity contribution in [3.05, 3.63) is 41.4 Å². The molecule has 0 aromatic heterocycles. The molecule has 0 bridgehead atoms. The van der Waals surface area contributed by atoms with Gasteiger partial charge in [0.1, 0.15) is 0 Å². The van der Waals surface area contributed by atoms with E-state index in [1.165, 1.54) is 18.4 Å². The molecule has 0 atom stereocenters. The Kier molecular flexibility index (Phi) is 4.84. The Morgan fingerprint density at radius 3 is 2.57 bits per heavy atom. The van der Waals surface area contributed by atoms with Crippen molar-refractivity contribution in [2.45, 2.75) is 18.9 Å². The minimum absolute atomic E-state index is 0.763. The van der Waals surface area contributed by atoms with Crippen LogP contribution in [0, 0.1) is 0 Å². The van der Waals surface area contributed by atoms with E-state index in [9.17, 15) is 0 Å². The van der Waals surface area contributed by atoms with Gasteiger partial charge in [-0.1, -0.05) is 30.3 Å². The third-order valence-corrected chi connectivity index (χ3v) is 4.55. The number of halogens is 1. The lowest BCUT2D eigenvalue weighted by molar-refractivity contribution is 0.276. The highest BCUT2D eigenvalue weighted by molar-refractivity contribution is 6.33. The van der Waals surface area contributed by atoms with Gasteiger partial charge in [0.2, 0.25) is 0 Å². The van der Waals surface area contributed by atoms with Crippen molar-refractivity contribution >= 4 is 17.3 Å². The van der Waals surface area contributed by atoms with E-state index in [0.717, 1.165) is 56.0 Å². The maximum atomic E-state index is 6.28. The van der Waals surface area contributed by atoms with Gasteiger partial charge in [0, 0.05) is 45.3 Å². The first-order valence-corrected chi connectivity index (χ1v) is 8.22. The van der Waals surface area contributed by atoms with Gasteiger partial charge in [0.05, 0.1) is 10.7 Å². The molecule has 0 spiro atoms. The van der Waals surface area contributed by atoms with E-state index < -0.39 is 0 Å². The van der Waals surface area contributed by atoms with E-state index in [4.69, 9.17) is 11.6 Å². The zero-order valence-electron chi connectivity index (χ0n) is 12.5. The van der Waals surface area contributed by atoms with Gasteiger partial charge in [-0.3, -0.25) is 4.90 Å². The van der Waals surface area contributed by atoms with Gasteiger partial charge in [0.25, 0.3) is 0 Å². The van der Waals surface area contributed by atoms with Crippen molar-refractivity contribution in [1.82, 2.24) is 10.2 Å². The molecule has 1 heterocycles. The number of rotatable bonds is 6. The van der Waals surface area contributed by atoms with Crippen LogP contribution in [0.2, 0.25) is 5.02 Å². The number of piperazine rings is 1. The van der Waals surface area contributed by atoms with E-state index in [0.29, 0.717) is 0 Å². The summed E-state index contributed by atoms with van der Waals surface area (Å²) in [6.07, 6.45) is 2.67. The molecule has 0 amide bonds. The largest absolute Gasteiger partial charge is 0.368 e. The summed E-state index contributed by atoms with van der Waals surface area (Å²) >= 11 is 6.28. The van der Waals surface area contributed by atoms with Crippen LogP contribution in [-0.2, 0) is 0 Å². The number of anilines is 1. The summed E-state index contributed by atoms with van der Waals surface area (Å²) in [7, 11) is 0. The minimum Gasteiger partial charge on any atom is -0.368 e. The van der Waals surface area contributed by atoms with Crippen LogP contribution in [0.1, 0.15) is 12.8 Å². The van der Waals surface area contributed by atoms with E-state index in [2.05, 4.69) is 33.8 Å². The molecular weight excluding hydrogens is 282 g/mol. The number of para-hydroxylation sites is 1. The van der Waals surface area contributed by atoms with Crippen LogP contribution >= 0.6 is 11.6 Å². The molecule has 3 rings (SSSR count). The first-order chi connectivity index (χ1) is 10.2. The van der Waals surface area contributed by atoms with E-state index in [1.807, 2.05) is 12.1 Å². The second kappa shape index (κ2) is 6.82. The second-order valence-corrected chi connectivity index (χ2v) is 6.53. The van der Waals surface area contributed by atoms with Crippen LogP contribution in [0.3, 0.4) is 0 Å². The minimum atomic E-state index is 0.763. The average molecular weight is 306 g/mol. The summed E-state index contributed by atoms with van der Waals surface area (Å²) < 4.78 is 0. The highest BCUT2D eigenvalue weighted by atomic mass is 35.5. The number of hydrogen-bond acceptors (Lipinski definition) is 3. The summed E-state index contributed by atoms with van der Waals surface area (Å²) in [5, 5.41) is 4.38. The summed E-state index contributed by atoms with van der Waals surface area (Å²) in [4.78, 5) is 4.87. The number of nitrogens with zero attached hydrogens (tertiary/aromatic N) is 2. The first-order valence-electron chi connectivity index (χ1n) is 7.84. The molecule has 3 nitrogen and oxygen atoms in total. The normalized spacial score (nSPS) is 19.8. The van der Waals surface area contributed by atoms with Crippen LogP contribution in [0.4, 0.5) is 5.69 Å². The van der Waals surface area contributed by atoms with Gasteiger partial charge < -0.3 is 10.2 Å². The molecule has 1 aromatic rings. The lowest BCUT2D eigenvalue weighted by Gasteiger charge is -2.36. The Hall–Kier alpha value is -1.03. The third-order valence-electron chi connectivity index (χ3n) is 4.23. The summed E-state index contributed by atoms with van der Waals surface area (Å²) in [6.45, 7) is 10.4. The zero-order chi connectivity index (χ0) is 14.7. The quantitative estimate of drug-likeness (QED) is 0.815. The van der Waals surface area contributed by atoms with Crippen molar-refractivity contribution in [1.29, 1.82) is 0 Å². The van der Waals surface area contributed by atoms with Gasteiger partial charge >= 0.3 is 0 Å². The molecule has 0 unspecified atom stereocenters. The fraction of sp³-hybridized carbons (Fsp3) is 0.529. The van der Waals surface area contributed by atoms with Gasteiger partial charge in [-0.25, -0.2) is 0 Å². The van der Waals surface area contributed by atoms with Crippen molar-refractivity contribution in [3.8, 4) is 0 Å². The molecule has 1 saturated carbocycles. The lowest BCUT2D eigenvalue weighted by atomic mass is 10.2. The van der Waals surface area contributed by atoms with Gasteiger partial charge in [-0.05, 0) is 30.5 Å². The number of benzene rings is 1. The third kappa shape index (κ3) is 4.22. The topological polar surface area (TPSA) is 18.5 Å². The number of hydrogen-bond donors (Lipinski definition) is 1. The highest BCUT2D eigenvalue weighted by Gasteiger charge is 2.21. The van der Waals surface area contributed by atoms with Crippen LogP contribution in [0.5, 0.6) is 0 Å². The fourth-order valence-electron chi connectivity index (χ4n) is 2.80. The van der Waals surface area contributed by atoms with Gasteiger partial charge in [-0.15, -0.1) is 0 Å². The van der Waals surface area contributed by atoms with Gasteiger partial charge in [0.15, 0.2) is 0 Å². The Balaban J connectivity index is 1.44. The smallest absolute Gasteiger partial charge is 0.0639 e. The SMILES string of the molecule is C=C(CNC1CC1)CN1CCN(c2ccccc2Cl)CC1. The van der Waals surface area contributed by atoms with Gasteiger partial charge in [-0.2, -0.15) is 0 Å². The Bertz CT molecular complexity index is 491. The van der Waals surface area contributed by atoms with Crippen molar-refractivity contribution < 1.29 is 0 Å². The van der Waals surface area contributed by atoms with Crippen molar-refractivity contribution in [2.75, 3.05) is 44.2 Å². The summed E-state index contributed by atoms with van der Waals surface area (Å²) in [6, 6.07) is 8.88. The van der Waals surface area contributed by atoms with Crippen LogP contribution in [-0.4, -0.2) is 50.2 Å². The monoisotopic (exact) mass is 305 g/mol. The van der Waals surface area contributed by atoms with E-state index in [-0.39, 0.29) is 0 Å². The zero-order valence-corrected chi connectivity index (χ0v) is 13.3. The predicted octanol–water partition coefficient (Wildman–Crippen LogP) is 2.77. The predicted molar refractivity (Wildman–Crippen MR) is 90.3 cm³/mol.